The maximum absolute atomic E-state index is 14.1. The van der Waals surface area contributed by atoms with Crippen molar-refractivity contribution in [1.82, 2.24) is 10.2 Å². The number of anilines is 1. The van der Waals surface area contributed by atoms with Crippen molar-refractivity contribution in [3.05, 3.63) is 92.9 Å². The Morgan fingerprint density at radius 2 is 1.49 bits per heavy atom. The Hall–Kier alpha value is -2.78. The quantitative estimate of drug-likeness (QED) is 0.263. The van der Waals surface area contributed by atoms with Crippen molar-refractivity contribution >= 4 is 62.3 Å². The van der Waals surface area contributed by atoms with Gasteiger partial charge in [0.2, 0.25) is 11.8 Å². The van der Waals surface area contributed by atoms with E-state index in [1.165, 1.54) is 35.2 Å². The molecule has 220 valence electrons. The standard InChI is InChI=1S/C30H34Cl3N3O4S/c1-6-26(29(38)34-30(3,4)5)35(18-21-9-11-22(31)12-10-21)28(37)19-36(27-17-23(32)13-16-25(27)33)41(39,40)24-14-7-20(2)8-15-24/h7-17,26H,6,18-19H2,1-5H3,(H,34,38)/t26-/m1/s1. The predicted octanol–water partition coefficient (Wildman–Crippen LogP) is 6.87. The van der Waals surface area contributed by atoms with Crippen molar-refractivity contribution in [2.24, 2.45) is 0 Å². The molecule has 0 aromatic heterocycles. The zero-order valence-corrected chi connectivity index (χ0v) is 26.7. The van der Waals surface area contributed by atoms with Crippen molar-refractivity contribution < 1.29 is 18.0 Å². The number of aryl methyl sites for hydroxylation is 1. The first-order valence-electron chi connectivity index (χ1n) is 13.0. The van der Waals surface area contributed by atoms with Crippen LogP contribution in [0.15, 0.2) is 71.6 Å². The summed E-state index contributed by atoms with van der Waals surface area (Å²) in [5.74, 6) is -0.946. The summed E-state index contributed by atoms with van der Waals surface area (Å²) in [6.07, 6.45) is 0.296. The molecule has 0 radical (unpaired) electrons. The second-order valence-electron chi connectivity index (χ2n) is 10.7. The molecule has 7 nitrogen and oxygen atoms in total. The Kier molecular flexibility index (Phi) is 10.7. The maximum Gasteiger partial charge on any atom is 0.264 e. The van der Waals surface area contributed by atoms with Crippen LogP contribution in [0, 0.1) is 6.92 Å². The fourth-order valence-corrected chi connectivity index (χ4v) is 6.17. The normalized spacial score (nSPS) is 12.5. The fourth-order valence-electron chi connectivity index (χ4n) is 4.19. The molecular formula is C30H34Cl3N3O4S. The zero-order valence-electron chi connectivity index (χ0n) is 23.6. The Morgan fingerprint density at radius 3 is 2.05 bits per heavy atom. The summed E-state index contributed by atoms with van der Waals surface area (Å²) in [7, 11) is -4.27. The molecule has 0 spiro atoms. The summed E-state index contributed by atoms with van der Waals surface area (Å²) in [4.78, 5) is 28.9. The highest BCUT2D eigenvalue weighted by atomic mass is 35.5. The largest absolute Gasteiger partial charge is 0.350 e. The van der Waals surface area contributed by atoms with E-state index in [-0.39, 0.29) is 33.1 Å². The summed E-state index contributed by atoms with van der Waals surface area (Å²) in [6.45, 7) is 8.61. The van der Waals surface area contributed by atoms with Gasteiger partial charge in [0, 0.05) is 22.1 Å². The van der Waals surface area contributed by atoms with Gasteiger partial charge in [0.05, 0.1) is 15.6 Å². The molecule has 0 aliphatic rings. The first-order chi connectivity index (χ1) is 19.1. The van der Waals surface area contributed by atoms with E-state index in [0.29, 0.717) is 11.4 Å². The molecule has 0 fully saturated rings. The number of carbonyl (C=O) groups is 2. The van der Waals surface area contributed by atoms with Crippen molar-refractivity contribution in [2.45, 2.75) is 64.1 Å². The molecule has 0 bridgehead atoms. The van der Waals surface area contributed by atoms with Crippen LogP contribution in [-0.2, 0) is 26.2 Å². The Labute approximate surface area is 257 Å². The molecule has 0 unspecified atom stereocenters. The highest BCUT2D eigenvalue weighted by Gasteiger charge is 2.35. The van der Waals surface area contributed by atoms with E-state index in [4.69, 9.17) is 34.8 Å². The second kappa shape index (κ2) is 13.5. The molecule has 1 atom stereocenters. The number of rotatable bonds is 10. The zero-order chi connectivity index (χ0) is 30.5. The van der Waals surface area contributed by atoms with Gasteiger partial charge < -0.3 is 10.2 Å². The fraction of sp³-hybridized carbons (Fsp3) is 0.333. The predicted molar refractivity (Wildman–Crippen MR) is 166 cm³/mol. The Bertz CT molecular complexity index is 1490. The van der Waals surface area contributed by atoms with Gasteiger partial charge in [-0.25, -0.2) is 8.42 Å². The number of carbonyl (C=O) groups excluding carboxylic acids is 2. The molecule has 11 heteroatoms. The molecule has 0 saturated carbocycles. The smallest absolute Gasteiger partial charge is 0.264 e. The van der Waals surface area contributed by atoms with Crippen LogP contribution in [0.4, 0.5) is 5.69 Å². The summed E-state index contributed by atoms with van der Waals surface area (Å²) in [6, 6.07) is 16.7. The van der Waals surface area contributed by atoms with Crippen molar-refractivity contribution in [1.29, 1.82) is 0 Å². The molecule has 2 amide bonds. The first kappa shape index (κ1) is 32.7. The van der Waals surface area contributed by atoms with Gasteiger partial charge in [0.1, 0.15) is 12.6 Å². The molecule has 0 aliphatic heterocycles. The minimum Gasteiger partial charge on any atom is -0.350 e. The van der Waals surface area contributed by atoms with Gasteiger partial charge in [-0.2, -0.15) is 0 Å². The minimum absolute atomic E-state index is 0.0197. The number of nitrogens with one attached hydrogen (secondary N) is 1. The van der Waals surface area contributed by atoms with Gasteiger partial charge in [-0.05, 0) is 82.1 Å². The average molecular weight is 639 g/mol. The summed E-state index contributed by atoms with van der Waals surface area (Å²) < 4.78 is 28.9. The van der Waals surface area contributed by atoms with E-state index in [0.717, 1.165) is 15.4 Å². The lowest BCUT2D eigenvalue weighted by Gasteiger charge is -2.35. The van der Waals surface area contributed by atoms with Crippen LogP contribution in [-0.4, -0.2) is 43.3 Å². The van der Waals surface area contributed by atoms with Gasteiger partial charge in [0.25, 0.3) is 10.0 Å². The maximum atomic E-state index is 14.1. The van der Waals surface area contributed by atoms with Crippen molar-refractivity contribution in [2.75, 3.05) is 10.8 Å². The van der Waals surface area contributed by atoms with Crippen LogP contribution in [0.1, 0.15) is 45.2 Å². The number of nitrogens with zero attached hydrogens (tertiary/aromatic N) is 2. The van der Waals surface area contributed by atoms with E-state index >= 15 is 0 Å². The van der Waals surface area contributed by atoms with E-state index in [9.17, 15) is 18.0 Å². The lowest BCUT2D eigenvalue weighted by atomic mass is 10.1. The molecule has 1 N–H and O–H groups in total. The second-order valence-corrected chi connectivity index (χ2v) is 13.9. The number of amides is 2. The highest BCUT2D eigenvalue weighted by molar-refractivity contribution is 7.92. The third-order valence-corrected chi connectivity index (χ3v) is 8.80. The topological polar surface area (TPSA) is 86.8 Å². The molecule has 0 heterocycles. The number of sulfonamides is 1. The molecule has 3 aromatic rings. The lowest BCUT2D eigenvalue weighted by Crippen LogP contribution is -2.55. The number of hydrogen-bond donors (Lipinski definition) is 1. The van der Waals surface area contributed by atoms with Crippen LogP contribution < -0.4 is 9.62 Å². The van der Waals surface area contributed by atoms with Crippen molar-refractivity contribution in [3.8, 4) is 0 Å². The van der Waals surface area contributed by atoms with E-state index in [2.05, 4.69) is 5.32 Å². The van der Waals surface area contributed by atoms with E-state index in [1.54, 1.807) is 43.3 Å². The van der Waals surface area contributed by atoms with Crippen LogP contribution in [0.25, 0.3) is 0 Å². The third kappa shape index (κ3) is 8.61. The van der Waals surface area contributed by atoms with Crippen LogP contribution in [0.2, 0.25) is 15.1 Å². The summed E-state index contributed by atoms with van der Waals surface area (Å²) >= 11 is 18.8. The first-order valence-corrected chi connectivity index (χ1v) is 15.6. The van der Waals surface area contributed by atoms with Gasteiger partial charge in [-0.3, -0.25) is 13.9 Å². The summed E-state index contributed by atoms with van der Waals surface area (Å²) in [5, 5.41) is 3.80. The lowest BCUT2D eigenvalue weighted by molar-refractivity contribution is -0.141. The number of benzene rings is 3. The SMILES string of the molecule is CC[C@H](C(=O)NC(C)(C)C)N(Cc1ccc(Cl)cc1)C(=O)CN(c1cc(Cl)ccc1Cl)S(=O)(=O)c1ccc(C)cc1. The van der Waals surface area contributed by atoms with Gasteiger partial charge in [-0.1, -0.05) is 71.6 Å². The number of hydrogen-bond acceptors (Lipinski definition) is 4. The van der Waals surface area contributed by atoms with Gasteiger partial charge in [-0.15, -0.1) is 0 Å². The monoisotopic (exact) mass is 637 g/mol. The molecular weight excluding hydrogens is 605 g/mol. The highest BCUT2D eigenvalue weighted by Crippen LogP contribution is 2.33. The Morgan fingerprint density at radius 1 is 0.902 bits per heavy atom. The van der Waals surface area contributed by atoms with Gasteiger partial charge in [0.15, 0.2) is 0 Å². The van der Waals surface area contributed by atoms with Crippen LogP contribution >= 0.6 is 34.8 Å². The third-order valence-electron chi connectivity index (χ3n) is 6.22. The van der Waals surface area contributed by atoms with E-state index in [1.807, 2.05) is 27.7 Å². The number of halogens is 3. The molecule has 0 aliphatic carbocycles. The molecule has 41 heavy (non-hydrogen) atoms. The van der Waals surface area contributed by atoms with Crippen LogP contribution in [0.3, 0.4) is 0 Å². The van der Waals surface area contributed by atoms with Crippen molar-refractivity contribution in [3.63, 3.8) is 0 Å². The molecule has 3 rings (SSSR count). The molecule has 3 aromatic carbocycles. The van der Waals surface area contributed by atoms with Crippen LogP contribution in [0.5, 0.6) is 0 Å². The Balaban J connectivity index is 2.11. The van der Waals surface area contributed by atoms with Gasteiger partial charge >= 0.3 is 0 Å². The minimum atomic E-state index is -4.27. The molecule has 0 saturated heterocycles. The summed E-state index contributed by atoms with van der Waals surface area (Å²) in [5.41, 5.74) is 1.09. The average Bonchev–Trinajstić information content (AvgIpc) is 2.89. The van der Waals surface area contributed by atoms with E-state index < -0.39 is 34.1 Å².